The van der Waals surface area contributed by atoms with Crippen molar-refractivity contribution < 1.29 is 0 Å². The Morgan fingerprint density at radius 3 is 2.19 bits per heavy atom. The lowest BCUT2D eigenvalue weighted by Gasteiger charge is -2.56. The molecule has 0 radical (unpaired) electrons. The van der Waals surface area contributed by atoms with Crippen molar-refractivity contribution >= 4 is 34.2 Å². The molecule has 0 unspecified atom stereocenters. The monoisotopic (exact) mass is 416 g/mol. The molecule has 4 saturated carbocycles. The van der Waals surface area contributed by atoms with E-state index in [0.717, 1.165) is 40.0 Å². The highest BCUT2D eigenvalue weighted by molar-refractivity contribution is 14.1. The van der Waals surface area contributed by atoms with Crippen molar-refractivity contribution in [2.24, 2.45) is 17.8 Å². The van der Waals surface area contributed by atoms with Crippen LogP contribution in [0.5, 0.6) is 0 Å². The largest absolute Gasteiger partial charge is 0.236 e. The maximum atomic E-state index is 6.44. The summed E-state index contributed by atoms with van der Waals surface area (Å²) in [6, 6.07) is 0. The number of aromatic nitrogens is 2. The normalized spacial score (nSPS) is 37.2. The highest BCUT2D eigenvalue weighted by Gasteiger charge is 2.53. The standard InChI is InChI=1S/C17H22ClIN2/c1-2-3-13-14(19)15(18)21-16(20-13)17-7-10-4-11(8-17)6-12(5-10)9-17/h10-12H,2-9H2,1H3. The third kappa shape index (κ3) is 2.43. The van der Waals surface area contributed by atoms with Gasteiger partial charge in [0, 0.05) is 5.41 Å². The second-order valence-corrected chi connectivity index (χ2v) is 8.98. The van der Waals surface area contributed by atoms with Crippen molar-refractivity contribution in [3.05, 3.63) is 20.2 Å². The van der Waals surface area contributed by atoms with Crippen LogP contribution < -0.4 is 0 Å². The summed E-state index contributed by atoms with van der Waals surface area (Å²) >= 11 is 8.74. The van der Waals surface area contributed by atoms with E-state index in [1.165, 1.54) is 44.2 Å². The second kappa shape index (κ2) is 5.33. The maximum Gasteiger partial charge on any atom is 0.146 e. The van der Waals surface area contributed by atoms with E-state index in [2.05, 4.69) is 29.5 Å². The van der Waals surface area contributed by atoms with E-state index >= 15 is 0 Å². The van der Waals surface area contributed by atoms with Gasteiger partial charge in [-0.15, -0.1) is 0 Å². The Bertz CT molecular complexity index is 537. The number of rotatable bonds is 3. The molecular weight excluding hydrogens is 395 g/mol. The lowest BCUT2D eigenvalue weighted by Crippen LogP contribution is -2.49. The van der Waals surface area contributed by atoms with Crippen LogP contribution in [0.4, 0.5) is 0 Å². The topological polar surface area (TPSA) is 25.8 Å². The van der Waals surface area contributed by atoms with Crippen LogP contribution in [-0.2, 0) is 11.8 Å². The fourth-order valence-electron chi connectivity index (χ4n) is 5.49. The van der Waals surface area contributed by atoms with Gasteiger partial charge in [-0.25, -0.2) is 9.97 Å². The first-order chi connectivity index (χ1) is 10.1. The molecule has 4 aliphatic rings. The lowest BCUT2D eigenvalue weighted by atomic mass is 9.49. The average molecular weight is 417 g/mol. The Kier molecular flexibility index (Phi) is 3.72. The average Bonchev–Trinajstić information content (AvgIpc) is 2.42. The van der Waals surface area contributed by atoms with Gasteiger partial charge in [0.1, 0.15) is 11.0 Å². The predicted molar refractivity (Wildman–Crippen MR) is 93.6 cm³/mol. The Morgan fingerprint density at radius 1 is 1.10 bits per heavy atom. The van der Waals surface area contributed by atoms with E-state index in [1.54, 1.807) is 0 Å². The summed E-state index contributed by atoms with van der Waals surface area (Å²) in [6.07, 6.45) is 10.4. The molecule has 0 aliphatic heterocycles. The number of hydrogen-bond donors (Lipinski definition) is 0. The number of nitrogens with zero attached hydrogens (tertiary/aromatic N) is 2. The fourth-order valence-corrected chi connectivity index (χ4v) is 6.19. The molecule has 0 aromatic carbocycles. The number of halogens is 2. The van der Waals surface area contributed by atoms with Crippen LogP contribution in [0.25, 0.3) is 0 Å². The molecule has 4 aliphatic carbocycles. The summed E-state index contributed by atoms with van der Waals surface area (Å²) in [5, 5.41) is 0.680. The Hall–Kier alpha value is 0.100. The molecule has 2 nitrogen and oxygen atoms in total. The van der Waals surface area contributed by atoms with Crippen LogP contribution in [0.15, 0.2) is 0 Å². The summed E-state index contributed by atoms with van der Waals surface area (Å²) in [7, 11) is 0. The molecule has 0 amide bonds. The van der Waals surface area contributed by atoms with Crippen molar-refractivity contribution in [1.82, 2.24) is 9.97 Å². The minimum absolute atomic E-state index is 0.255. The molecule has 5 rings (SSSR count). The van der Waals surface area contributed by atoms with Gasteiger partial charge in [0.2, 0.25) is 0 Å². The van der Waals surface area contributed by atoms with Gasteiger partial charge in [0.05, 0.1) is 9.26 Å². The van der Waals surface area contributed by atoms with Crippen LogP contribution in [0.2, 0.25) is 5.15 Å². The van der Waals surface area contributed by atoms with E-state index < -0.39 is 0 Å². The van der Waals surface area contributed by atoms with Gasteiger partial charge >= 0.3 is 0 Å². The molecule has 0 N–H and O–H groups in total. The van der Waals surface area contributed by atoms with Crippen molar-refractivity contribution in [2.75, 3.05) is 0 Å². The minimum Gasteiger partial charge on any atom is -0.236 e. The van der Waals surface area contributed by atoms with Gasteiger partial charge < -0.3 is 0 Å². The molecule has 1 heterocycles. The number of aryl methyl sites for hydroxylation is 1. The Morgan fingerprint density at radius 2 is 1.67 bits per heavy atom. The van der Waals surface area contributed by atoms with E-state index in [-0.39, 0.29) is 5.41 Å². The quantitative estimate of drug-likeness (QED) is 0.503. The van der Waals surface area contributed by atoms with Crippen LogP contribution in [-0.4, -0.2) is 9.97 Å². The van der Waals surface area contributed by atoms with Crippen molar-refractivity contribution in [1.29, 1.82) is 0 Å². The number of hydrogen-bond acceptors (Lipinski definition) is 2. The molecule has 4 bridgehead atoms. The molecule has 1 aromatic heterocycles. The summed E-state index contributed by atoms with van der Waals surface area (Å²) < 4.78 is 1.06. The smallest absolute Gasteiger partial charge is 0.146 e. The van der Waals surface area contributed by atoms with Crippen molar-refractivity contribution in [3.8, 4) is 0 Å². The highest BCUT2D eigenvalue weighted by atomic mass is 127. The molecular formula is C17H22ClIN2. The SMILES string of the molecule is CCCc1nc(C23CC4CC(CC(C4)C2)C3)nc(Cl)c1I. The Balaban J connectivity index is 1.76. The van der Waals surface area contributed by atoms with E-state index in [9.17, 15) is 0 Å². The predicted octanol–water partition coefficient (Wildman–Crippen LogP) is 5.15. The third-order valence-corrected chi connectivity index (χ3v) is 7.60. The lowest BCUT2D eigenvalue weighted by molar-refractivity contribution is -0.00951. The molecule has 4 heteroatoms. The Labute approximate surface area is 145 Å². The van der Waals surface area contributed by atoms with Crippen molar-refractivity contribution in [2.45, 2.75) is 63.7 Å². The van der Waals surface area contributed by atoms with Crippen LogP contribution in [0.3, 0.4) is 0 Å². The van der Waals surface area contributed by atoms with Gasteiger partial charge in [0.15, 0.2) is 0 Å². The van der Waals surface area contributed by atoms with Crippen LogP contribution in [0, 0.1) is 21.3 Å². The van der Waals surface area contributed by atoms with Gasteiger partial charge in [-0.1, -0.05) is 24.9 Å². The van der Waals surface area contributed by atoms with Crippen LogP contribution in [0.1, 0.15) is 63.4 Å². The molecule has 114 valence electrons. The summed E-state index contributed by atoms with van der Waals surface area (Å²) in [5.41, 5.74) is 1.43. The first-order valence-corrected chi connectivity index (χ1v) is 9.77. The van der Waals surface area contributed by atoms with Gasteiger partial charge in [-0.2, -0.15) is 0 Å². The second-order valence-electron chi connectivity index (χ2n) is 7.55. The molecule has 4 fully saturated rings. The highest BCUT2D eigenvalue weighted by Crippen LogP contribution is 2.60. The summed E-state index contributed by atoms with van der Waals surface area (Å²) in [6.45, 7) is 2.20. The fraction of sp³-hybridized carbons (Fsp3) is 0.765. The molecule has 1 aromatic rings. The zero-order chi connectivity index (χ0) is 14.6. The molecule has 21 heavy (non-hydrogen) atoms. The van der Waals surface area contributed by atoms with Gasteiger partial charge in [0.25, 0.3) is 0 Å². The third-order valence-electron chi connectivity index (χ3n) is 5.88. The summed E-state index contributed by atoms with van der Waals surface area (Å²) in [4.78, 5) is 9.76. The molecule has 0 atom stereocenters. The maximum absolute atomic E-state index is 6.44. The van der Waals surface area contributed by atoms with Crippen LogP contribution >= 0.6 is 34.2 Å². The van der Waals surface area contributed by atoms with Gasteiger partial charge in [-0.3, -0.25) is 0 Å². The first kappa shape index (κ1) is 14.7. The summed E-state index contributed by atoms with van der Waals surface area (Å²) in [5.74, 6) is 3.85. The van der Waals surface area contributed by atoms with E-state index in [0.29, 0.717) is 5.15 Å². The zero-order valence-corrected chi connectivity index (χ0v) is 15.5. The van der Waals surface area contributed by atoms with Crippen molar-refractivity contribution in [3.63, 3.8) is 0 Å². The van der Waals surface area contributed by atoms with E-state index in [1.807, 2.05) is 0 Å². The minimum atomic E-state index is 0.255. The molecule has 0 spiro atoms. The van der Waals surface area contributed by atoms with Gasteiger partial charge in [-0.05, 0) is 85.3 Å². The first-order valence-electron chi connectivity index (χ1n) is 8.32. The van der Waals surface area contributed by atoms with E-state index in [4.69, 9.17) is 21.6 Å². The molecule has 0 saturated heterocycles. The zero-order valence-electron chi connectivity index (χ0n) is 12.5.